The summed E-state index contributed by atoms with van der Waals surface area (Å²) in [6.45, 7) is 0.639. The Morgan fingerprint density at radius 2 is 1.79 bits per heavy atom. The van der Waals surface area contributed by atoms with Crippen molar-refractivity contribution < 1.29 is 28.9 Å². The fourth-order valence-corrected chi connectivity index (χ4v) is 3.96. The van der Waals surface area contributed by atoms with E-state index in [1.54, 1.807) is 6.07 Å². The Hall–Kier alpha value is -3.22. The van der Waals surface area contributed by atoms with Crippen LogP contribution in [0.25, 0.3) is 0 Å². The van der Waals surface area contributed by atoms with Crippen molar-refractivity contribution in [1.82, 2.24) is 5.32 Å². The Kier molecular flexibility index (Phi) is 5.29. The van der Waals surface area contributed by atoms with Gasteiger partial charge in [-0.2, -0.15) is 0 Å². The molecule has 0 bridgehead atoms. The summed E-state index contributed by atoms with van der Waals surface area (Å²) in [6.07, 6.45) is 3.60. The van der Waals surface area contributed by atoms with Gasteiger partial charge >= 0.3 is 5.97 Å². The highest BCUT2D eigenvalue weighted by molar-refractivity contribution is 5.91. The molecule has 0 unspecified atom stereocenters. The molecule has 4 rings (SSSR count). The van der Waals surface area contributed by atoms with Crippen LogP contribution in [0.15, 0.2) is 42.5 Å². The van der Waals surface area contributed by atoms with Crippen molar-refractivity contribution in [3.63, 3.8) is 0 Å². The van der Waals surface area contributed by atoms with Crippen LogP contribution < -0.4 is 14.8 Å². The Morgan fingerprint density at radius 1 is 1.03 bits per heavy atom. The Labute approximate surface area is 168 Å². The monoisotopic (exact) mass is 397 g/mol. The van der Waals surface area contributed by atoms with Gasteiger partial charge in [0.05, 0.1) is 11.1 Å². The highest BCUT2D eigenvalue weighted by Crippen LogP contribution is 2.42. The van der Waals surface area contributed by atoms with Crippen molar-refractivity contribution in [2.75, 3.05) is 19.8 Å². The Morgan fingerprint density at radius 3 is 2.55 bits per heavy atom. The third kappa shape index (κ3) is 4.13. The second kappa shape index (κ2) is 8.03. The second-order valence-electron chi connectivity index (χ2n) is 7.32. The summed E-state index contributed by atoms with van der Waals surface area (Å²) in [7, 11) is 0. The van der Waals surface area contributed by atoms with Crippen LogP contribution in [0.4, 0.5) is 0 Å². The van der Waals surface area contributed by atoms with Crippen LogP contribution in [-0.4, -0.2) is 36.8 Å². The molecule has 2 N–H and O–H groups in total. The first kappa shape index (κ1) is 19.1. The molecule has 0 saturated heterocycles. The molecule has 2 aromatic carbocycles. The predicted octanol–water partition coefficient (Wildman–Crippen LogP) is 2.91. The van der Waals surface area contributed by atoms with E-state index in [1.165, 1.54) is 18.2 Å². The smallest absolute Gasteiger partial charge is 0.338 e. The van der Waals surface area contributed by atoms with Gasteiger partial charge in [0.2, 0.25) is 0 Å². The van der Waals surface area contributed by atoms with E-state index < -0.39 is 11.5 Å². The minimum Gasteiger partial charge on any atom is -0.508 e. The Balaban J connectivity index is 1.44. The van der Waals surface area contributed by atoms with E-state index >= 15 is 0 Å². The molecule has 2 aliphatic rings. The number of carbonyl (C=O) groups excluding carboxylic acids is 2. The van der Waals surface area contributed by atoms with Gasteiger partial charge in [-0.15, -0.1) is 0 Å². The zero-order chi connectivity index (χ0) is 20.3. The van der Waals surface area contributed by atoms with E-state index in [2.05, 4.69) is 5.32 Å². The average Bonchev–Trinajstić information content (AvgIpc) is 3.21. The van der Waals surface area contributed by atoms with Crippen LogP contribution in [0.3, 0.4) is 0 Å². The standard InChI is InChI=1S/C22H23NO6/c24-17-5-3-4-15(12-17)21(26)29-14-20(25)23-22(8-1-2-9-22)16-6-7-18-19(13-16)28-11-10-27-18/h3-7,12-13,24H,1-2,8-11,14H2,(H,23,25). The summed E-state index contributed by atoms with van der Waals surface area (Å²) >= 11 is 0. The number of phenols is 1. The molecule has 152 valence electrons. The van der Waals surface area contributed by atoms with Gasteiger partial charge in [0.1, 0.15) is 19.0 Å². The number of ether oxygens (including phenoxy) is 3. The average molecular weight is 397 g/mol. The fraction of sp³-hybridized carbons (Fsp3) is 0.364. The van der Waals surface area contributed by atoms with Crippen LogP contribution >= 0.6 is 0 Å². The van der Waals surface area contributed by atoms with E-state index in [-0.39, 0.29) is 23.8 Å². The van der Waals surface area contributed by atoms with Crippen molar-refractivity contribution in [3.05, 3.63) is 53.6 Å². The maximum absolute atomic E-state index is 12.6. The van der Waals surface area contributed by atoms with Gasteiger partial charge in [0, 0.05) is 0 Å². The highest BCUT2D eigenvalue weighted by Gasteiger charge is 2.38. The number of amides is 1. The van der Waals surface area contributed by atoms with Gasteiger partial charge in [0.25, 0.3) is 5.91 Å². The number of benzene rings is 2. The molecule has 1 aliphatic carbocycles. The minimum atomic E-state index is -0.657. The predicted molar refractivity (Wildman–Crippen MR) is 104 cm³/mol. The quantitative estimate of drug-likeness (QED) is 0.754. The number of hydrogen-bond acceptors (Lipinski definition) is 6. The molecule has 0 atom stereocenters. The van der Waals surface area contributed by atoms with E-state index in [0.717, 1.165) is 31.2 Å². The first-order valence-electron chi connectivity index (χ1n) is 9.73. The molecule has 7 nitrogen and oxygen atoms in total. The van der Waals surface area contributed by atoms with Crippen LogP contribution in [0.5, 0.6) is 17.2 Å². The molecule has 1 fully saturated rings. The van der Waals surface area contributed by atoms with Gasteiger partial charge in [-0.05, 0) is 48.7 Å². The molecular weight excluding hydrogens is 374 g/mol. The molecular formula is C22H23NO6. The lowest BCUT2D eigenvalue weighted by Gasteiger charge is -2.32. The third-order valence-corrected chi connectivity index (χ3v) is 5.35. The molecule has 1 saturated carbocycles. The molecule has 1 amide bonds. The third-order valence-electron chi connectivity index (χ3n) is 5.35. The number of rotatable bonds is 5. The SMILES string of the molecule is O=C(COC(=O)c1cccc(O)c1)NC1(c2ccc3c(c2)OCCO3)CCCC1. The number of carbonyl (C=O) groups is 2. The summed E-state index contributed by atoms with van der Waals surface area (Å²) in [5.41, 5.74) is 0.650. The van der Waals surface area contributed by atoms with Crippen LogP contribution in [0.1, 0.15) is 41.6 Å². The molecule has 1 heterocycles. The molecule has 29 heavy (non-hydrogen) atoms. The van der Waals surface area contributed by atoms with Gasteiger partial charge in [0.15, 0.2) is 18.1 Å². The highest BCUT2D eigenvalue weighted by atomic mass is 16.6. The minimum absolute atomic E-state index is 0.0348. The number of aromatic hydroxyl groups is 1. The molecule has 0 aromatic heterocycles. The van der Waals surface area contributed by atoms with Crippen molar-refractivity contribution >= 4 is 11.9 Å². The van der Waals surface area contributed by atoms with Gasteiger partial charge < -0.3 is 24.6 Å². The maximum atomic E-state index is 12.6. The van der Waals surface area contributed by atoms with E-state index in [9.17, 15) is 14.7 Å². The molecule has 2 aromatic rings. The van der Waals surface area contributed by atoms with Crippen LogP contribution in [0.2, 0.25) is 0 Å². The van der Waals surface area contributed by atoms with E-state index in [1.807, 2.05) is 18.2 Å². The van der Waals surface area contributed by atoms with Crippen LogP contribution in [0, 0.1) is 0 Å². The lowest BCUT2D eigenvalue weighted by Crippen LogP contribution is -2.45. The fourth-order valence-electron chi connectivity index (χ4n) is 3.96. The van der Waals surface area contributed by atoms with Gasteiger partial charge in [-0.1, -0.05) is 25.0 Å². The lowest BCUT2D eigenvalue weighted by molar-refractivity contribution is -0.126. The van der Waals surface area contributed by atoms with Crippen molar-refractivity contribution in [2.45, 2.75) is 31.2 Å². The summed E-state index contributed by atoms with van der Waals surface area (Å²) < 4.78 is 16.4. The first-order chi connectivity index (χ1) is 14.1. The number of nitrogens with one attached hydrogen (secondary N) is 1. The lowest BCUT2D eigenvalue weighted by atomic mass is 9.87. The number of hydrogen-bond donors (Lipinski definition) is 2. The summed E-state index contributed by atoms with van der Waals surface area (Å²) in [6, 6.07) is 11.6. The van der Waals surface area contributed by atoms with Gasteiger partial charge in [-0.3, -0.25) is 4.79 Å². The Bertz CT molecular complexity index is 919. The number of fused-ring (bicyclic) bond motifs is 1. The van der Waals surface area contributed by atoms with E-state index in [0.29, 0.717) is 24.7 Å². The zero-order valence-corrected chi connectivity index (χ0v) is 16.0. The van der Waals surface area contributed by atoms with Gasteiger partial charge in [-0.25, -0.2) is 4.79 Å². The second-order valence-corrected chi connectivity index (χ2v) is 7.32. The zero-order valence-electron chi connectivity index (χ0n) is 16.0. The largest absolute Gasteiger partial charge is 0.508 e. The van der Waals surface area contributed by atoms with Crippen molar-refractivity contribution in [2.24, 2.45) is 0 Å². The van der Waals surface area contributed by atoms with Crippen molar-refractivity contribution in [1.29, 1.82) is 0 Å². The first-order valence-corrected chi connectivity index (χ1v) is 9.73. The molecule has 0 spiro atoms. The van der Waals surface area contributed by atoms with Crippen molar-refractivity contribution in [3.8, 4) is 17.2 Å². The normalized spacial score (nSPS) is 16.8. The number of phenolic OH excluding ortho intramolecular Hbond substituents is 1. The maximum Gasteiger partial charge on any atom is 0.338 e. The molecule has 7 heteroatoms. The molecule has 0 radical (unpaired) electrons. The topological polar surface area (TPSA) is 94.1 Å². The number of esters is 1. The summed E-state index contributed by atoms with van der Waals surface area (Å²) in [4.78, 5) is 24.7. The van der Waals surface area contributed by atoms with Crippen LogP contribution in [-0.2, 0) is 15.1 Å². The summed E-state index contributed by atoms with van der Waals surface area (Å²) in [5.74, 6) is 0.336. The summed E-state index contributed by atoms with van der Waals surface area (Å²) in [5, 5.41) is 12.5. The molecule has 1 aliphatic heterocycles. The van der Waals surface area contributed by atoms with E-state index in [4.69, 9.17) is 14.2 Å².